The lowest BCUT2D eigenvalue weighted by molar-refractivity contribution is -0.116. The van der Waals surface area contributed by atoms with Crippen molar-refractivity contribution in [2.45, 2.75) is 32.9 Å². The van der Waals surface area contributed by atoms with Crippen molar-refractivity contribution in [1.82, 2.24) is 9.13 Å². The summed E-state index contributed by atoms with van der Waals surface area (Å²) < 4.78 is 3.13. The van der Waals surface area contributed by atoms with Crippen LogP contribution in [0.2, 0.25) is 0 Å². The van der Waals surface area contributed by atoms with Gasteiger partial charge in [-0.3, -0.25) is 14.2 Å². The second kappa shape index (κ2) is 6.69. The number of amides is 1. The number of carbonyl (C=O) groups excluding carboxylic acids is 1. The van der Waals surface area contributed by atoms with Crippen molar-refractivity contribution in [3.05, 3.63) is 60.3 Å². The summed E-state index contributed by atoms with van der Waals surface area (Å²) in [5, 5.41) is 11.9. The van der Waals surface area contributed by atoms with Crippen LogP contribution in [-0.2, 0) is 24.3 Å². The number of nitrogens with zero attached hydrogens (tertiary/aromatic N) is 3. The van der Waals surface area contributed by atoms with Crippen LogP contribution >= 0.6 is 15.9 Å². The largest absolute Gasteiger partial charge is 0.331 e. The standard InChI is InChI=1S/C17H15BrN4O3/c1-10-7-11(18)4-5-13(10)20-15(23)9-22-16(24)12(8-19)14-3-2-6-21(14)17(22)25/h4-5,7H,2-3,6,9H2,1H3,(H,20,23). The molecule has 1 aliphatic rings. The van der Waals surface area contributed by atoms with Crippen molar-refractivity contribution < 1.29 is 4.79 Å². The molecular weight excluding hydrogens is 388 g/mol. The first-order valence-electron chi connectivity index (χ1n) is 7.75. The molecule has 8 heteroatoms. The number of benzene rings is 1. The molecule has 1 aliphatic heterocycles. The zero-order valence-corrected chi connectivity index (χ0v) is 15.1. The molecule has 0 saturated carbocycles. The lowest BCUT2D eigenvalue weighted by atomic mass is 10.2. The molecule has 1 aromatic carbocycles. The van der Waals surface area contributed by atoms with E-state index in [9.17, 15) is 19.6 Å². The van der Waals surface area contributed by atoms with Crippen LogP contribution < -0.4 is 16.6 Å². The molecule has 0 aliphatic carbocycles. The molecule has 0 radical (unpaired) electrons. The van der Waals surface area contributed by atoms with E-state index in [-0.39, 0.29) is 5.56 Å². The highest BCUT2D eigenvalue weighted by atomic mass is 79.9. The Bertz CT molecular complexity index is 1030. The van der Waals surface area contributed by atoms with Crippen molar-refractivity contribution in [1.29, 1.82) is 5.26 Å². The quantitative estimate of drug-likeness (QED) is 0.841. The molecule has 0 atom stereocenters. The fraction of sp³-hybridized carbons (Fsp3) is 0.294. The maximum Gasteiger partial charge on any atom is 0.331 e. The van der Waals surface area contributed by atoms with Crippen LogP contribution in [0.15, 0.2) is 32.3 Å². The van der Waals surface area contributed by atoms with Crippen LogP contribution in [0.3, 0.4) is 0 Å². The second-order valence-corrected chi connectivity index (χ2v) is 6.79. The molecule has 2 aromatic rings. The summed E-state index contributed by atoms with van der Waals surface area (Å²) in [6.07, 6.45) is 1.23. The van der Waals surface area contributed by atoms with E-state index < -0.39 is 23.7 Å². The van der Waals surface area contributed by atoms with Crippen LogP contribution in [0.1, 0.15) is 23.2 Å². The van der Waals surface area contributed by atoms with Crippen LogP contribution in [0, 0.1) is 18.3 Å². The van der Waals surface area contributed by atoms with Gasteiger partial charge in [-0.2, -0.15) is 5.26 Å². The number of nitriles is 1. The van der Waals surface area contributed by atoms with Gasteiger partial charge in [-0.25, -0.2) is 9.36 Å². The summed E-state index contributed by atoms with van der Waals surface area (Å²) in [6, 6.07) is 7.24. The first-order chi connectivity index (χ1) is 11.9. The van der Waals surface area contributed by atoms with Crippen molar-refractivity contribution in [3.63, 3.8) is 0 Å². The van der Waals surface area contributed by atoms with Gasteiger partial charge < -0.3 is 5.32 Å². The lowest BCUT2D eigenvalue weighted by Crippen LogP contribution is -2.44. The summed E-state index contributed by atoms with van der Waals surface area (Å²) in [7, 11) is 0. The van der Waals surface area contributed by atoms with Crippen molar-refractivity contribution in [2.75, 3.05) is 5.32 Å². The van der Waals surface area contributed by atoms with E-state index in [2.05, 4.69) is 21.2 Å². The number of aryl methyl sites for hydroxylation is 1. The topological polar surface area (TPSA) is 96.9 Å². The molecular formula is C17H15BrN4O3. The first-order valence-corrected chi connectivity index (χ1v) is 8.54. The van der Waals surface area contributed by atoms with Gasteiger partial charge >= 0.3 is 5.69 Å². The Labute approximate surface area is 151 Å². The third kappa shape index (κ3) is 3.15. The number of nitrogens with one attached hydrogen (secondary N) is 1. The van der Waals surface area contributed by atoms with E-state index in [1.54, 1.807) is 12.1 Å². The predicted molar refractivity (Wildman–Crippen MR) is 95.5 cm³/mol. The SMILES string of the molecule is Cc1cc(Br)ccc1NC(=O)Cn1c(=O)c(C#N)c2n(c1=O)CCC2. The van der Waals surface area contributed by atoms with Gasteiger partial charge in [-0.15, -0.1) is 0 Å². The van der Waals surface area contributed by atoms with E-state index in [0.717, 1.165) is 14.6 Å². The molecule has 0 saturated heterocycles. The molecule has 0 fully saturated rings. The predicted octanol–water partition coefficient (Wildman–Crippen LogP) is 1.54. The van der Waals surface area contributed by atoms with Crippen LogP contribution in [0.5, 0.6) is 0 Å². The molecule has 0 bridgehead atoms. The Morgan fingerprint density at radius 2 is 2.16 bits per heavy atom. The number of hydrogen-bond acceptors (Lipinski definition) is 4. The molecule has 0 unspecified atom stereocenters. The van der Waals surface area contributed by atoms with E-state index in [1.807, 2.05) is 19.1 Å². The zero-order valence-electron chi connectivity index (χ0n) is 13.5. The summed E-state index contributed by atoms with van der Waals surface area (Å²) in [5.74, 6) is -0.493. The van der Waals surface area contributed by atoms with Gasteiger partial charge in [0.25, 0.3) is 5.56 Å². The molecule has 1 N–H and O–H groups in total. The zero-order chi connectivity index (χ0) is 18.1. The Kier molecular flexibility index (Phi) is 4.59. The molecule has 0 spiro atoms. The minimum absolute atomic E-state index is 0.0512. The maximum absolute atomic E-state index is 12.5. The van der Waals surface area contributed by atoms with Crippen molar-refractivity contribution >= 4 is 27.5 Å². The van der Waals surface area contributed by atoms with Crippen LogP contribution in [0.4, 0.5) is 5.69 Å². The summed E-state index contributed by atoms with van der Waals surface area (Å²) >= 11 is 3.35. The molecule has 25 heavy (non-hydrogen) atoms. The highest BCUT2D eigenvalue weighted by Gasteiger charge is 2.23. The average molecular weight is 403 g/mol. The number of fused-ring (bicyclic) bond motifs is 1. The Morgan fingerprint density at radius 1 is 1.40 bits per heavy atom. The molecule has 128 valence electrons. The van der Waals surface area contributed by atoms with Gasteiger partial charge in [-0.05, 0) is 43.5 Å². The summed E-state index contributed by atoms with van der Waals surface area (Å²) in [5.41, 5.74) is 0.617. The molecule has 7 nitrogen and oxygen atoms in total. The summed E-state index contributed by atoms with van der Waals surface area (Å²) in [4.78, 5) is 37.2. The minimum atomic E-state index is -0.705. The fourth-order valence-corrected chi connectivity index (χ4v) is 3.46. The third-order valence-electron chi connectivity index (χ3n) is 4.21. The first kappa shape index (κ1) is 17.2. The Balaban J connectivity index is 1.93. The van der Waals surface area contributed by atoms with E-state index in [0.29, 0.717) is 30.8 Å². The number of anilines is 1. The van der Waals surface area contributed by atoms with Gasteiger partial charge in [0.05, 0.1) is 0 Å². The summed E-state index contributed by atoms with van der Waals surface area (Å²) in [6.45, 7) is 1.86. The Hall–Kier alpha value is -2.66. The maximum atomic E-state index is 12.5. The van der Waals surface area contributed by atoms with Crippen LogP contribution in [0.25, 0.3) is 0 Å². The average Bonchev–Trinajstić information content (AvgIpc) is 3.04. The number of hydrogen-bond donors (Lipinski definition) is 1. The van der Waals surface area contributed by atoms with E-state index in [4.69, 9.17) is 0 Å². The van der Waals surface area contributed by atoms with Crippen molar-refractivity contribution in [3.8, 4) is 6.07 Å². The Morgan fingerprint density at radius 3 is 2.84 bits per heavy atom. The lowest BCUT2D eigenvalue weighted by Gasteiger charge is -2.12. The number of rotatable bonds is 3. The number of carbonyl (C=O) groups is 1. The van der Waals surface area contributed by atoms with Gasteiger partial charge in [0.15, 0.2) is 0 Å². The second-order valence-electron chi connectivity index (χ2n) is 5.87. The highest BCUT2D eigenvalue weighted by molar-refractivity contribution is 9.10. The smallest absolute Gasteiger partial charge is 0.324 e. The van der Waals surface area contributed by atoms with E-state index >= 15 is 0 Å². The van der Waals surface area contributed by atoms with Gasteiger partial charge in [0, 0.05) is 22.4 Å². The normalized spacial score (nSPS) is 12.5. The van der Waals surface area contributed by atoms with Gasteiger partial charge in [-0.1, -0.05) is 15.9 Å². The fourth-order valence-electron chi connectivity index (χ4n) is 2.99. The third-order valence-corrected chi connectivity index (χ3v) is 4.70. The number of aromatic nitrogens is 2. The van der Waals surface area contributed by atoms with Gasteiger partial charge in [0.2, 0.25) is 5.91 Å². The number of halogens is 1. The molecule has 2 heterocycles. The monoisotopic (exact) mass is 402 g/mol. The van der Waals surface area contributed by atoms with Crippen LogP contribution in [-0.4, -0.2) is 15.0 Å². The van der Waals surface area contributed by atoms with E-state index in [1.165, 1.54) is 4.57 Å². The highest BCUT2D eigenvalue weighted by Crippen LogP contribution is 2.20. The van der Waals surface area contributed by atoms with Gasteiger partial charge in [0.1, 0.15) is 18.2 Å². The van der Waals surface area contributed by atoms with Crippen molar-refractivity contribution in [2.24, 2.45) is 0 Å². The molecule has 1 aromatic heterocycles. The molecule has 3 rings (SSSR count). The molecule has 1 amide bonds. The minimum Gasteiger partial charge on any atom is -0.324 e.